The van der Waals surface area contributed by atoms with Gasteiger partial charge in [-0.15, -0.1) is 0 Å². The number of carbonyl (C=O) groups excluding carboxylic acids is 1. The molecule has 1 fully saturated rings. The Morgan fingerprint density at radius 2 is 2.07 bits per heavy atom. The van der Waals surface area contributed by atoms with Gasteiger partial charge in [0.1, 0.15) is 24.6 Å². The molecule has 29 heavy (non-hydrogen) atoms. The van der Waals surface area contributed by atoms with Crippen LogP contribution in [0.15, 0.2) is 43.0 Å². The molecule has 0 bridgehead atoms. The summed E-state index contributed by atoms with van der Waals surface area (Å²) in [5.74, 6) is 0.249. The third-order valence-corrected chi connectivity index (χ3v) is 4.67. The predicted octanol–water partition coefficient (Wildman–Crippen LogP) is 1.45. The number of nitrogens with two attached hydrogens (primary N) is 1. The minimum atomic E-state index is -0.814. The van der Waals surface area contributed by atoms with Gasteiger partial charge in [-0.25, -0.2) is 19.7 Å². The molecule has 0 radical (unpaired) electrons. The third kappa shape index (κ3) is 4.28. The fourth-order valence-electron chi connectivity index (χ4n) is 3.24. The Kier molecular flexibility index (Phi) is 5.54. The van der Waals surface area contributed by atoms with Gasteiger partial charge in [0.05, 0.1) is 19.0 Å². The summed E-state index contributed by atoms with van der Waals surface area (Å²) in [5.41, 5.74) is 7.75. The number of hydrogen-bond donors (Lipinski definition) is 2. The molecule has 0 spiro atoms. The van der Waals surface area contributed by atoms with Crippen LogP contribution in [0.3, 0.4) is 0 Å². The normalized spacial score (nSPS) is 21.3. The Morgan fingerprint density at radius 3 is 2.90 bits per heavy atom. The summed E-state index contributed by atoms with van der Waals surface area (Å²) in [4.78, 5) is 24.0. The van der Waals surface area contributed by atoms with E-state index in [9.17, 15) is 9.90 Å². The number of aliphatic hydroxyl groups excluding tert-OH is 1. The minimum absolute atomic E-state index is 0.0263. The van der Waals surface area contributed by atoms with E-state index < -0.39 is 24.6 Å². The molecule has 10 heteroatoms. The van der Waals surface area contributed by atoms with Crippen LogP contribution in [0, 0.1) is 0 Å². The zero-order valence-corrected chi connectivity index (χ0v) is 15.5. The molecular weight excluding hydrogens is 378 g/mol. The fourth-order valence-corrected chi connectivity index (χ4v) is 3.24. The van der Waals surface area contributed by atoms with Crippen LogP contribution in [-0.2, 0) is 20.6 Å². The van der Waals surface area contributed by atoms with Gasteiger partial charge in [-0.2, -0.15) is 0 Å². The maximum atomic E-state index is 11.8. The van der Waals surface area contributed by atoms with Gasteiger partial charge in [-0.1, -0.05) is 30.3 Å². The summed E-state index contributed by atoms with van der Waals surface area (Å²) in [6.45, 7) is 0.198. The highest BCUT2D eigenvalue weighted by molar-refractivity contribution is 5.81. The summed E-state index contributed by atoms with van der Waals surface area (Å²) in [6.07, 6.45) is 0.943. The molecule has 3 N–H and O–H groups in total. The number of benzene rings is 1. The molecule has 1 aliphatic heterocycles. The number of nitrogen functional groups attached to an aromatic ring is 1. The van der Waals surface area contributed by atoms with Crippen molar-refractivity contribution in [1.29, 1.82) is 0 Å². The van der Waals surface area contributed by atoms with Crippen LogP contribution in [-0.4, -0.2) is 56.2 Å². The van der Waals surface area contributed by atoms with E-state index in [1.54, 1.807) is 4.57 Å². The zero-order valence-electron chi connectivity index (χ0n) is 15.5. The van der Waals surface area contributed by atoms with Crippen LogP contribution >= 0.6 is 0 Å². The number of imidazole rings is 1. The van der Waals surface area contributed by atoms with Crippen molar-refractivity contribution in [3.05, 3.63) is 48.5 Å². The van der Waals surface area contributed by atoms with Crippen molar-refractivity contribution in [2.24, 2.45) is 0 Å². The van der Waals surface area contributed by atoms with Gasteiger partial charge < -0.3 is 25.1 Å². The van der Waals surface area contributed by atoms with Gasteiger partial charge in [0.15, 0.2) is 17.7 Å². The number of fused-ring (bicyclic) bond motifs is 1. The highest BCUT2D eigenvalue weighted by Crippen LogP contribution is 2.31. The average molecular weight is 399 g/mol. The van der Waals surface area contributed by atoms with Crippen molar-refractivity contribution >= 4 is 23.1 Å². The molecule has 152 valence electrons. The van der Waals surface area contributed by atoms with Gasteiger partial charge in [-0.05, 0) is 5.56 Å². The fraction of sp³-hybridized carbons (Fsp3) is 0.368. The van der Waals surface area contributed by atoms with Gasteiger partial charge in [0.25, 0.3) is 0 Å². The van der Waals surface area contributed by atoms with Crippen LogP contribution in [0.4, 0.5) is 10.6 Å². The van der Waals surface area contributed by atoms with Crippen molar-refractivity contribution < 1.29 is 24.1 Å². The van der Waals surface area contributed by atoms with Crippen molar-refractivity contribution in [3.63, 3.8) is 0 Å². The highest BCUT2D eigenvalue weighted by Gasteiger charge is 2.37. The second-order valence-corrected chi connectivity index (χ2v) is 6.68. The molecule has 0 saturated carbocycles. The Morgan fingerprint density at radius 1 is 1.24 bits per heavy atom. The first-order valence-electron chi connectivity index (χ1n) is 9.22. The first-order chi connectivity index (χ1) is 14.1. The Hall–Kier alpha value is -3.24. The monoisotopic (exact) mass is 399 g/mol. The topological polar surface area (TPSA) is 135 Å². The molecule has 1 aromatic carbocycles. The van der Waals surface area contributed by atoms with E-state index in [1.165, 1.54) is 12.7 Å². The molecule has 1 saturated heterocycles. The molecular formula is C19H21N5O5. The molecule has 0 aliphatic carbocycles. The smallest absolute Gasteiger partial charge is 0.434 e. The van der Waals surface area contributed by atoms with Crippen LogP contribution in [0.1, 0.15) is 18.2 Å². The molecule has 10 nitrogen and oxygen atoms in total. The molecule has 3 heterocycles. The van der Waals surface area contributed by atoms with Crippen molar-refractivity contribution in [3.8, 4) is 0 Å². The average Bonchev–Trinajstić information content (AvgIpc) is 3.31. The molecule has 0 unspecified atom stereocenters. The lowest BCUT2D eigenvalue weighted by Gasteiger charge is -2.16. The van der Waals surface area contributed by atoms with E-state index in [1.807, 2.05) is 30.3 Å². The van der Waals surface area contributed by atoms with E-state index in [2.05, 4.69) is 15.0 Å². The largest absolute Gasteiger partial charge is 0.508 e. The number of aromatic nitrogens is 4. The van der Waals surface area contributed by atoms with Crippen LogP contribution in [0.5, 0.6) is 0 Å². The summed E-state index contributed by atoms with van der Waals surface area (Å²) >= 11 is 0. The van der Waals surface area contributed by atoms with E-state index in [0.717, 1.165) is 5.56 Å². The second-order valence-electron chi connectivity index (χ2n) is 6.68. The van der Waals surface area contributed by atoms with Gasteiger partial charge in [-0.3, -0.25) is 4.57 Å². The number of ether oxygens (including phenoxy) is 3. The van der Waals surface area contributed by atoms with Crippen LogP contribution < -0.4 is 5.73 Å². The van der Waals surface area contributed by atoms with Gasteiger partial charge in [0.2, 0.25) is 0 Å². The Labute approximate surface area is 166 Å². The summed E-state index contributed by atoms with van der Waals surface area (Å²) < 4.78 is 17.6. The van der Waals surface area contributed by atoms with Gasteiger partial charge in [0, 0.05) is 12.8 Å². The number of hydrogen-bond acceptors (Lipinski definition) is 9. The standard InChI is InChI=1S/C19H21N5O5/c20-16-15-17(22-10-21-16)24(11-23-15)18-14(25)8-13(29-18)9-28-19(26)27-7-6-12-4-2-1-3-5-12/h1-5,10-11,13-14,18,25H,6-9H2,(H2,20,21,22)/t13-,14+,18+/m0/s1. The molecule has 0 amide bonds. The number of nitrogens with zero attached hydrogens (tertiary/aromatic N) is 4. The lowest BCUT2D eigenvalue weighted by Crippen LogP contribution is -2.20. The van der Waals surface area contributed by atoms with Gasteiger partial charge >= 0.3 is 6.16 Å². The number of rotatable bonds is 6. The number of anilines is 1. The SMILES string of the molecule is Nc1ncnc2c1ncn2[C@@H]1O[C@H](COC(=O)OCCc2ccccc2)C[C@H]1O. The van der Waals surface area contributed by atoms with E-state index >= 15 is 0 Å². The van der Waals surface area contributed by atoms with E-state index in [-0.39, 0.29) is 19.0 Å². The lowest BCUT2D eigenvalue weighted by molar-refractivity contribution is -0.0568. The Balaban J connectivity index is 1.27. The third-order valence-electron chi connectivity index (χ3n) is 4.67. The van der Waals surface area contributed by atoms with Crippen molar-refractivity contribution in [1.82, 2.24) is 19.5 Å². The number of aliphatic hydroxyl groups is 1. The quantitative estimate of drug-likeness (QED) is 0.590. The summed E-state index contributed by atoms with van der Waals surface area (Å²) in [5, 5.41) is 10.4. The molecule has 4 rings (SSSR count). The Bertz CT molecular complexity index is 980. The molecule has 3 aromatic rings. The highest BCUT2D eigenvalue weighted by atomic mass is 16.7. The molecule has 2 aromatic heterocycles. The van der Waals surface area contributed by atoms with Crippen molar-refractivity contribution in [2.45, 2.75) is 31.3 Å². The maximum Gasteiger partial charge on any atom is 0.508 e. The van der Waals surface area contributed by atoms with Crippen molar-refractivity contribution in [2.75, 3.05) is 18.9 Å². The van der Waals surface area contributed by atoms with E-state index in [4.69, 9.17) is 19.9 Å². The maximum absolute atomic E-state index is 11.8. The number of carbonyl (C=O) groups is 1. The molecule has 3 atom stereocenters. The lowest BCUT2D eigenvalue weighted by atomic mass is 10.2. The zero-order chi connectivity index (χ0) is 20.2. The van der Waals surface area contributed by atoms with Crippen LogP contribution in [0.25, 0.3) is 11.2 Å². The van der Waals surface area contributed by atoms with Crippen LogP contribution in [0.2, 0.25) is 0 Å². The molecule has 1 aliphatic rings. The van der Waals surface area contributed by atoms with E-state index in [0.29, 0.717) is 24.0 Å². The summed E-state index contributed by atoms with van der Waals surface area (Å²) in [7, 11) is 0. The minimum Gasteiger partial charge on any atom is -0.434 e. The second kappa shape index (κ2) is 8.41. The first-order valence-corrected chi connectivity index (χ1v) is 9.22. The summed E-state index contributed by atoms with van der Waals surface area (Å²) in [6, 6.07) is 9.70. The predicted molar refractivity (Wildman–Crippen MR) is 102 cm³/mol. The first kappa shape index (κ1) is 19.1.